The van der Waals surface area contributed by atoms with Crippen molar-refractivity contribution >= 4 is 40.6 Å². The largest absolute Gasteiger partial charge is 0.494 e. The van der Waals surface area contributed by atoms with Gasteiger partial charge in [-0.15, -0.1) is 11.8 Å². The first kappa shape index (κ1) is 24.8. The second kappa shape index (κ2) is 11.9. The summed E-state index contributed by atoms with van der Waals surface area (Å²) >= 11 is 1.39. The first-order valence-corrected chi connectivity index (χ1v) is 11.6. The summed E-state index contributed by atoms with van der Waals surface area (Å²) in [6.45, 7) is 4.42. The summed E-state index contributed by atoms with van der Waals surface area (Å²) in [6, 6.07) is 19.9. The highest BCUT2D eigenvalue weighted by molar-refractivity contribution is 8.00. The SMILES string of the molecule is CCOc1ccc(NC(=O)C(CC)Sc2cccc(NC(=O)c3cccc([N+](=O)[O-])c3)c2)cc1. The fraction of sp³-hybridized carbons (Fsp3) is 0.200. The smallest absolute Gasteiger partial charge is 0.270 e. The molecule has 0 aliphatic carbocycles. The predicted molar refractivity (Wildman–Crippen MR) is 134 cm³/mol. The normalized spacial score (nSPS) is 11.4. The molecular weight excluding hydrogens is 454 g/mol. The number of anilines is 2. The van der Waals surface area contributed by atoms with E-state index >= 15 is 0 Å². The highest BCUT2D eigenvalue weighted by Gasteiger charge is 2.19. The molecule has 0 aliphatic rings. The number of rotatable bonds is 10. The first-order chi connectivity index (χ1) is 16.4. The summed E-state index contributed by atoms with van der Waals surface area (Å²) < 4.78 is 5.42. The molecule has 0 saturated carbocycles. The van der Waals surface area contributed by atoms with Crippen LogP contribution in [0.25, 0.3) is 0 Å². The highest BCUT2D eigenvalue weighted by Crippen LogP contribution is 2.29. The van der Waals surface area contributed by atoms with Crippen molar-refractivity contribution in [1.82, 2.24) is 0 Å². The number of non-ortho nitro benzene ring substituents is 1. The van der Waals surface area contributed by atoms with Gasteiger partial charge in [0.2, 0.25) is 5.91 Å². The molecule has 2 N–H and O–H groups in total. The Morgan fingerprint density at radius 1 is 0.971 bits per heavy atom. The van der Waals surface area contributed by atoms with E-state index in [4.69, 9.17) is 4.74 Å². The molecule has 9 heteroatoms. The Morgan fingerprint density at radius 2 is 1.71 bits per heavy atom. The lowest BCUT2D eigenvalue weighted by atomic mass is 10.2. The Balaban J connectivity index is 1.64. The lowest BCUT2D eigenvalue weighted by Crippen LogP contribution is -2.24. The number of hydrogen-bond acceptors (Lipinski definition) is 6. The maximum Gasteiger partial charge on any atom is 0.270 e. The molecule has 0 aromatic heterocycles. The molecule has 3 aromatic carbocycles. The molecule has 0 fully saturated rings. The number of carbonyl (C=O) groups excluding carboxylic acids is 2. The van der Waals surface area contributed by atoms with Crippen LogP contribution >= 0.6 is 11.8 Å². The van der Waals surface area contributed by atoms with Gasteiger partial charge in [0.15, 0.2) is 0 Å². The van der Waals surface area contributed by atoms with Gasteiger partial charge in [-0.2, -0.15) is 0 Å². The van der Waals surface area contributed by atoms with Crippen molar-refractivity contribution in [2.75, 3.05) is 17.2 Å². The third kappa shape index (κ3) is 6.82. The van der Waals surface area contributed by atoms with E-state index in [1.54, 1.807) is 42.5 Å². The van der Waals surface area contributed by atoms with Crippen molar-refractivity contribution in [2.45, 2.75) is 30.4 Å². The average Bonchev–Trinajstić information content (AvgIpc) is 2.84. The zero-order valence-corrected chi connectivity index (χ0v) is 19.6. The average molecular weight is 480 g/mol. The van der Waals surface area contributed by atoms with Gasteiger partial charge in [0.05, 0.1) is 16.8 Å². The van der Waals surface area contributed by atoms with Gasteiger partial charge in [0, 0.05) is 34.0 Å². The molecule has 8 nitrogen and oxygen atoms in total. The van der Waals surface area contributed by atoms with Crippen LogP contribution in [0.15, 0.2) is 77.7 Å². The van der Waals surface area contributed by atoms with Crippen LogP contribution < -0.4 is 15.4 Å². The molecule has 1 atom stereocenters. The summed E-state index contributed by atoms with van der Waals surface area (Å²) in [5, 5.41) is 16.3. The fourth-order valence-corrected chi connectivity index (χ4v) is 4.13. The van der Waals surface area contributed by atoms with Crippen LogP contribution in [0, 0.1) is 10.1 Å². The predicted octanol–water partition coefficient (Wildman–Crippen LogP) is 5.76. The number of ether oxygens (including phenoxy) is 1. The first-order valence-electron chi connectivity index (χ1n) is 10.8. The number of nitro groups is 1. The van der Waals surface area contributed by atoms with Gasteiger partial charge >= 0.3 is 0 Å². The Hall–Kier alpha value is -3.85. The molecule has 0 bridgehead atoms. The van der Waals surface area contributed by atoms with E-state index in [2.05, 4.69) is 10.6 Å². The molecule has 2 amide bonds. The van der Waals surface area contributed by atoms with Crippen molar-refractivity contribution in [3.05, 3.63) is 88.5 Å². The minimum Gasteiger partial charge on any atom is -0.494 e. The summed E-state index contributed by atoms with van der Waals surface area (Å²) in [7, 11) is 0. The minimum atomic E-state index is -0.544. The molecule has 0 spiro atoms. The summed E-state index contributed by atoms with van der Waals surface area (Å²) in [4.78, 5) is 36.6. The van der Waals surface area contributed by atoms with E-state index in [-0.39, 0.29) is 22.4 Å². The zero-order chi connectivity index (χ0) is 24.5. The van der Waals surface area contributed by atoms with Crippen LogP contribution in [-0.2, 0) is 4.79 Å². The van der Waals surface area contributed by atoms with Crippen LogP contribution in [-0.4, -0.2) is 28.6 Å². The fourth-order valence-electron chi connectivity index (χ4n) is 3.12. The van der Waals surface area contributed by atoms with Crippen molar-refractivity contribution < 1.29 is 19.2 Å². The third-order valence-corrected chi connectivity index (χ3v) is 6.14. The number of carbonyl (C=O) groups is 2. The number of hydrogen-bond donors (Lipinski definition) is 2. The molecule has 34 heavy (non-hydrogen) atoms. The van der Waals surface area contributed by atoms with E-state index in [0.29, 0.717) is 24.4 Å². The maximum absolute atomic E-state index is 12.8. The molecule has 3 rings (SSSR count). The number of nitrogens with one attached hydrogen (secondary N) is 2. The van der Waals surface area contributed by atoms with Crippen LogP contribution in [0.2, 0.25) is 0 Å². The number of amides is 2. The topological polar surface area (TPSA) is 111 Å². The monoisotopic (exact) mass is 479 g/mol. The Labute approximate surface area is 201 Å². The van der Waals surface area contributed by atoms with Gasteiger partial charge in [-0.1, -0.05) is 19.1 Å². The Bertz CT molecular complexity index is 1170. The second-order valence-electron chi connectivity index (χ2n) is 7.25. The van der Waals surface area contributed by atoms with Crippen molar-refractivity contribution in [1.29, 1.82) is 0 Å². The number of nitrogens with zero attached hydrogens (tertiary/aromatic N) is 1. The summed E-state index contributed by atoms with van der Waals surface area (Å²) in [6.07, 6.45) is 0.609. The van der Waals surface area contributed by atoms with E-state index in [9.17, 15) is 19.7 Å². The Morgan fingerprint density at radius 3 is 2.38 bits per heavy atom. The number of thioether (sulfide) groups is 1. The van der Waals surface area contributed by atoms with Crippen LogP contribution in [0.4, 0.5) is 17.1 Å². The summed E-state index contributed by atoms with van der Waals surface area (Å²) in [5.74, 6) is 0.166. The van der Waals surface area contributed by atoms with Gasteiger partial charge in [0.25, 0.3) is 11.6 Å². The molecule has 0 aliphatic heterocycles. The quantitative estimate of drug-likeness (QED) is 0.217. The third-order valence-electron chi connectivity index (χ3n) is 4.79. The van der Waals surface area contributed by atoms with Crippen molar-refractivity contribution in [2.24, 2.45) is 0 Å². The van der Waals surface area contributed by atoms with Crippen molar-refractivity contribution in [3.63, 3.8) is 0 Å². The molecule has 0 saturated heterocycles. The molecule has 3 aromatic rings. The molecule has 176 valence electrons. The maximum atomic E-state index is 12.8. The van der Waals surface area contributed by atoms with Crippen LogP contribution in [0.5, 0.6) is 5.75 Å². The number of nitro benzene ring substituents is 1. The van der Waals surface area contributed by atoms with Gasteiger partial charge in [-0.05, 0) is 61.9 Å². The molecule has 1 unspecified atom stereocenters. The lowest BCUT2D eigenvalue weighted by molar-refractivity contribution is -0.384. The minimum absolute atomic E-state index is 0.123. The highest BCUT2D eigenvalue weighted by atomic mass is 32.2. The zero-order valence-electron chi connectivity index (χ0n) is 18.8. The van der Waals surface area contributed by atoms with Crippen LogP contribution in [0.3, 0.4) is 0 Å². The molecular formula is C25H25N3O5S. The van der Waals surface area contributed by atoms with E-state index < -0.39 is 10.8 Å². The van der Waals surface area contributed by atoms with Gasteiger partial charge in [-0.25, -0.2) is 0 Å². The number of benzene rings is 3. The standard InChI is InChI=1S/C25H25N3O5S/c1-3-23(25(30)26-18-11-13-21(14-12-18)33-4-2)34-22-10-6-8-19(16-22)27-24(29)17-7-5-9-20(15-17)28(31)32/h5-16,23H,3-4H2,1-2H3,(H,26,30)(H,27,29). The van der Waals surface area contributed by atoms with Crippen molar-refractivity contribution in [3.8, 4) is 5.75 Å². The van der Waals surface area contributed by atoms with Crippen LogP contribution in [0.1, 0.15) is 30.6 Å². The summed E-state index contributed by atoms with van der Waals surface area (Å²) in [5.41, 5.74) is 1.25. The van der Waals surface area contributed by atoms with Gasteiger partial charge in [0.1, 0.15) is 5.75 Å². The second-order valence-corrected chi connectivity index (χ2v) is 8.53. The Kier molecular flexibility index (Phi) is 8.64. The van der Waals surface area contributed by atoms with E-state index in [1.807, 2.05) is 19.9 Å². The van der Waals surface area contributed by atoms with E-state index in [0.717, 1.165) is 10.6 Å². The molecule has 0 radical (unpaired) electrons. The van der Waals surface area contributed by atoms with Gasteiger partial charge < -0.3 is 15.4 Å². The lowest BCUT2D eigenvalue weighted by Gasteiger charge is -2.16. The van der Waals surface area contributed by atoms with Gasteiger partial charge in [-0.3, -0.25) is 19.7 Å². The van der Waals surface area contributed by atoms with E-state index in [1.165, 1.54) is 36.0 Å². The molecule has 0 heterocycles.